The molecule has 102 valence electrons. The molecule has 0 saturated heterocycles. The van der Waals surface area contributed by atoms with Gasteiger partial charge in [0.1, 0.15) is 5.69 Å². The Hall–Kier alpha value is -1.36. The van der Waals surface area contributed by atoms with Crippen molar-refractivity contribution < 1.29 is 8.78 Å². The number of nitrogen functional groups attached to an aromatic ring is 1. The quantitative estimate of drug-likeness (QED) is 0.794. The zero-order valence-corrected chi connectivity index (χ0v) is 11.2. The minimum absolute atomic E-state index is 0.0189. The van der Waals surface area contributed by atoms with Gasteiger partial charge in [0.15, 0.2) is 11.6 Å². The fourth-order valence-electron chi connectivity index (χ4n) is 1.89. The van der Waals surface area contributed by atoms with Crippen LogP contribution < -0.4 is 10.6 Å². The maximum atomic E-state index is 13.8. The molecule has 0 aliphatic heterocycles. The van der Waals surface area contributed by atoms with E-state index in [4.69, 9.17) is 5.73 Å². The summed E-state index contributed by atoms with van der Waals surface area (Å²) < 4.78 is 27.5. The molecule has 1 aromatic rings. The third-order valence-corrected chi connectivity index (χ3v) is 2.77. The van der Waals surface area contributed by atoms with E-state index in [0.717, 1.165) is 25.1 Å². The lowest BCUT2D eigenvalue weighted by molar-refractivity contribution is 0.400. The molecule has 0 amide bonds. The summed E-state index contributed by atoms with van der Waals surface area (Å²) in [6, 6.07) is 2.32. The molecule has 0 unspecified atom stereocenters. The first-order valence-electron chi connectivity index (χ1n) is 6.10. The molecule has 3 nitrogen and oxygen atoms in total. The third kappa shape index (κ3) is 3.84. The van der Waals surface area contributed by atoms with Crippen molar-refractivity contribution in [2.75, 3.05) is 44.4 Å². The van der Waals surface area contributed by atoms with Gasteiger partial charge in [0.25, 0.3) is 0 Å². The van der Waals surface area contributed by atoms with Crippen molar-refractivity contribution in [3.05, 3.63) is 23.8 Å². The van der Waals surface area contributed by atoms with Crippen molar-refractivity contribution in [1.29, 1.82) is 0 Å². The largest absolute Gasteiger partial charge is 0.399 e. The highest BCUT2D eigenvalue weighted by molar-refractivity contribution is 5.55. The van der Waals surface area contributed by atoms with E-state index in [1.165, 1.54) is 0 Å². The highest BCUT2D eigenvalue weighted by Gasteiger charge is 2.16. The highest BCUT2D eigenvalue weighted by atomic mass is 19.1. The van der Waals surface area contributed by atoms with Crippen LogP contribution in [0.3, 0.4) is 0 Å². The van der Waals surface area contributed by atoms with Crippen molar-refractivity contribution in [2.45, 2.75) is 13.3 Å². The first kappa shape index (κ1) is 14.7. The molecule has 1 aromatic carbocycles. The van der Waals surface area contributed by atoms with Crippen LogP contribution >= 0.6 is 0 Å². The minimum Gasteiger partial charge on any atom is -0.399 e. The summed E-state index contributed by atoms with van der Waals surface area (Å²) in [5, 5.41) is 0. The number of anilines is 2. The number of hydrogen-bond donors (Lipinski definition) is 1. The molecule has 0 heterocycles. The zero-order chi connectivity index (χ0) is 13.7. The molecular weight excluding hydrogens is 236 g/mol. The molecule has 5 heteroatoms. The molecule has 0 fully saturated rings. The maximum absolute atomic E-state index is 13.8. The summed E-state index contributed by atoms with van der Waals surface area (Å²) in [6.45, 7) is 3.94. The van der Waals surface area contributed by atoms with Gasteiger partial charge in [0.2, 0.25) is 0 Å². The molecule has 0 aliphatic carbocycles. The lowest BCUT2D eigenvalue weighted by Crippen LogP contribution is -2.28. The van der Waals surface area contributed by atoms with Gasteiger partial charge in [-0.3, -0.25) is 0 Å². The minimum atomic E-state index is -0.598. The molecule has 0 spiro atoms. The summed E-state index contributed by atoms with van der Waals surface area (Å²) in [7, 11) is 3.95. The number of hydrogen-bond acceptors (Lipinski definition) is 3. The molecule has 1 rings (SSSR count). The number of rotatable bonds is 6. The lowest BCUT2D eigenvalue weighted by Gasteiger charge is -2.25. The number of nitrogens with zero attached hydrogens (tertiary/aromatic N) is 2. The van der Waals surface area contributed by atoms with E-state index < -0.39 is 11.6 Å². The van der Waals surface area contributed by atoms with Gasteiger partial charge in [-0.25, -0.2) is 8.78 Å². The van der Waals surface area contributed by atoms with Crippen molar-refractivity contribution in [3.8, 4) is 0 Å². The van der Waals surface area contributed by atoms with E-state index in [-0.39, 0.29) is 11.4 Å². The van der Waals surface area contributed by atoms with Gasteiger partial charge in [-0.1, -0.05) is 0 Å². The van der Waals surface area contributed by atoms with E-state index >= 15 is 0 Å². The predicted molar refractivity (Wildman–Crippen MR) is 71.8 cm³/mol. The second-order valence-electron chi connectivity index (χ2n) is 4.57. The molecule has 0 aliphatic rings. The molecule has 2 N–H and O–H groups in total. The normalized spacial score (nSPS) is 11.0. The van der Waals surface area contributed by atoms with Gasteiger partial charge in [-0.2, -0.15) is 0 Å². The molecule has 0 radical (unpaired) electrons. The van der Waals surface area contributed by atoms with E-state index in [9.17, 15) is 8.78 Å². The molecule has 18 heavy (non-hydrogen) atoms. The fraction of sp³-hybridized carbons (Fsp3) is 0.538. The average Bonchev–Trinajstić information content (AvgIpc) is 2.25. The summed E-state index contributed by atoms with van der Waals surface area (Å²) in [5.41, 5.74) is 5.53. The Morgan fingerprint density at radius 2 is 1.67 bits per heavy atom. The van der Waals surface area contributed by atoms with Crippen LogP contribution in [0.5, 0.6) is 0 Å². The van der Waals surface area contributed by atoms with Gasteiger partial charge < -0.3 is 15.5 Å². The van der Waals surface area contributed by atoms with Crippen LogP contribution in [-0.2, 0) is 0 Å². The second kappa shape index (κ2) is 6.54. The van der Waals surface area contributed by atoms with Crippen LogP contribution in [0.1, 0.15) is 13.3 Å². The summed E-state index contributed by atoms with van der Waals surface area (Å²) in [6.07, 6.45) is 0.851. The second-order valence-corrected chi connectivity index (χ2v) is 4.57. The first-order chi connectivity index (χ1) is 8.45. The van der Waals surface area contributed by atoms with Crippen LogP contribution in [0.4, 0.5) is 20.2 Å². The van der Waals surface area contributed by atoms with Crippen molar-refractivity contribution >= 4 is 11.4 Å². The molecule has 0 bridgehead atoms. The number of halogens is 2. The molecule has 0 aromatic heterocycles. The van der Waals surface area contributed by atoms with Gasteiger partial charge in [0.05, 0.1) is 0 Å². The van der Waals surface area contributed by atoms with Gasteiger partial charge >= 0.3 is 0 Å². The zero-order valence-electron chi connectivity index (χ0n) is 11.2. The first-order valence-corrected chi connectivity index (χ1v) is 6.10. The van der Waals surface area contributed by atoms with Crippen LogP contribution in [0.2, 0.25) is 0 Å². The standard InChI is InChI=1S/C13H21F2N3/c1-4-18(7-5-6-17(2)3)13-11(14)8-10(16)9-12(13)15/h8-9H,4-7,16H2,1-3H3. The van der Waals surface area contributed by atoms with Crippen molar-refractivity contribution in [1.82, 2.24) is 4.90 Å². The van der Waals surface area contributed by atoms with Gasteiger partial charge in [0, 0.05) is 18.8 Å². The topological polar surface area (TPSA) is 32.5 Å². The Kier molecular flexibility index (Phi) is 5.34. The molecule has 0 saturated carbocycles. The summed E-state index contributed by atoms with van der Waals surface area (Å²) in [5.74, 6) is -1.20. The molecule has 0 atom stereocenters. The Balaban J connectivity index is 2.82. The SMILES string of the molecule is CCN(CCCN(C)C)c1c(F)cc(N)cc1F. The fourth-order valence-corrected chi connectivity index (χ4v) is 1.89. The van der Waals surface area contributed by atoms with Crippen molar-refractivity contribution in [3.63, 3.8) is 0 Å². The van der Waals surface area contributed by atoms with Crippen LogP contribution in [0.25, 0.3) is 0 Å². The van der Waals surface area contributed by atoms with E-state index in [1.807, 2.05) is 25.9 Å². The predicted octanol–water partition coefficient (Wildman–Crippen LogP) is 2.33. The Labute approximate surface area is 107 Å². The van der Waals surface area contributed by atoms with Gasteiger partial charge in [-0.05, 0) is 46.1 Å². The van der Waals surface area contributed by atoms with E-state index in [1.54, 1.807) is 4.90 Å². The summed E-state index contributed by atoms with van der Waals surface area (Å²) in [4.78, 5) is 3.75. The summed E-state index contributed by atoms with van der Waals surface area (Å²) >= 11 is 0. The van der Waals surface area contributed by atoms with Crippen LogP contribution in [0.15, 0.2) is 12.1 Å². The van der Waals surface area contributed by atoms with Gasteiger partial charge in [-0.15, -0.1) is 0 Å². The Morgan fingerprint density at radius 3 is 2.11 bits per heavy atom. The molecular formula is C13H21F2N3. The van der Waals surface area contributed by atoms with Crippen molar-refractivity contribution in [2.24, 2.45) is 0 Å². The number of nitrogens with two attached hydrogens (primary N) is 1. The van der Waals surface area contributed by atoms with E-state index in [2.05, 4.69) is 0 Å². The Morgan fingerprint density at radius 1 is 1.11 bits per heavy atom. The Bertz CT molecular complexity index is 371. The average molecular weight is 257 g/mol. The third-order valence-electron chi connectivity index (χ3n) is 2.77. The monoisotopic (exact) mass is 257 g/mol. The highest BCUT2D eigenvalue weighted by Crippen LogP contribution is 2.26. The lowest BCUT2D eigenvalue weighted by atomic mass is 10.2. The van der Waals surface area contributed by atoms with Crippen LogP contribution in [0, 0.1) is 11.6 Å². The van der Waals surface area contributed by atoms with Crippen LogP contribution in [-0.4, -0.2) is 38.6 Å². The number of benzene rings is 1. The smallest absolute Gasteiger partial charge is 0.151 e. The maximum Gasteiger partial charge on any atom is 0.151 e. The van der Waals surface area contributed by atoms with E-state index in [0.29, 0.717) is 13.1 Å².